The molecule has 0 amide bonds. The summed E-state index contributed by atoms with van der Waals surface area (Å²) in [6, 6.07) is 17.2. The summed E-state index contributed by atoms with van der Waals surface area (Å²) >= 11 is 0. The average Bonchev–Trinajstić information content (AvgIpc) is 2.72. The zero-order valence-electron chi connectivity index (χ0n) is 15.6. The molecule has 0 radical (unpaired) electrons. The van der Waals surface area contributed by atoms with Crippen LogP contribution < -0.4 is 10.6 Å². The number of nitrogens with one attached hydrogen (secondary N) is 2. The fourth-order valence-electron chi connectivity index (χ4n) is 2.95. The zero-order chi connectivity index (χ0) is 19.3. The smallest absolute Gasteiger partial charge is 0.229 e. The van der Waals surface area contributed by atoms with Gasteiger partial charge >= 0.3 is 0 Å². The number of aryl methyl sites for hydroxylation is 1. The molecular formula is C22H21N5O. The molecular weight excluding hydrogens is 350 g/mol. The molecule has 0 aliphatic heterocycles. The summed E-state index contributed by atoms with van der Waals surface area (Å²) in [7, 11) is 0. The number of aromatic nitrogens is 3. The molecule has 0 unspecified atom stereocenters. The van der Waals surface area contributed by atoms with E-state index in [0.717, 1.165) is 46.5 Å². The molecule has 0 saturated carbocycles. The molecule has 0 aliphatic carbocycles. The Hall–Kier alpha value is -3.67. The van der Waals surface area contributed by atoms with Gasteiger partial charge in [0.25, 0.3) is 0 Å². The summed E-state index contributed by atoms with van der Waals surface area (Å²) in [5.74, 6) is 1.63. The fourth-order valence-corrected chi connectivity index (χ4v) is 2.95. The van der Waals surface area contributed by atoms with Crippen LogP contribution in [0.25, 0.3) is 10.9 Å². The van der Waals surface area contributed by atoms with E-state index in [1.54, 1.807) is 24.5 Å². The fraction of sp³-hybridized carbons (Fsp3) is 0.136. The van der Waals surface area contributed by atoms with Gasteiger partial charge in [0.1, 0.15) is 11.6 Å². The highest BCUT2D eigenvalue weighted by atomic mass is 16.3. The second kappa shape index (κ2) is 7.92. The summed E-state index contributed by atoms with van der Waals surface area (Å²) < 4.78 is 0. The highest BCUT2D eigenvalue weighted by Gasteiger charge is 2.05. The van der Waals surface area contributed by atoms with Crippen LogP contribution in [-0.4, -0.2) is 26.6 Å². The minimum atomic E-state index is 0.281. The van der Waals surface area contributed by atoms with E-state index in [1.165, 1.54) is 0 Å². The lowest BCUT2D eigenvalue weighted by molar-refractivity contribution is 0.475. The summed E-state index contributed by atoms with van der Waals surface area (Å²) in [4.78, 5) is 13.3. The number of hydrogen-bond acceptors (Lipinski definition) is 6. The molecule has 4 aromatic rings. The molecule has 2 aromatic carbocycles. The molecule has 6 nitrogen and oxygen atoms in total. The number of phenols is 1. The first-order chi connectivity index (χ1) is 13.7. The highest BCUT2D eigenvalue weighted by Crippen LogP contribution is 2.21. The van der Waals surface area contributed by atoms with Gasteiger partial charge in [-0.05, 0) is 55.3 Å². The maximum Gasteiger partial charge on any atom is 0.229 e. The Kier molecular flexibility index (Phi) is 5.01. The van der Waals surface area contributed by atoms with E-state index >= 15 is 0 Å². The number of phenolic OH excluding ortho intramolecular Hbond substituents is 1. The molecule has 2 heterocycles. The van der Waals surface area contributed by atoms with Gasteiger partial charge in [0.2, 0.25) is 5.95 Å². The van der Waals surface area contributed by atoms with Crippen LogP contribution in [0.4, 0.5) is 17.5 Å². The third kappa shape index (κ3) is 4.17. The largest absolute Gasteiger partial charge is 0.508 e. The van der Waals surface area contributed by atoms with Crippen LogP contribution in [0, 0.1) is 6.92 Å². The van der Waals surface area contributed by atoms with Crippen LogP contribution in [0.2, 0.25) is 0 Å². The van der Waals surface area contributed by atoms with Crippen molar-refractivity contribution < 1.29 is 5.11 Å². The Bertz CT molecular complexity index is 1100. The summed E-state index contributed by atoms with van der Waals surface area (Å²) in [6.07, 6.45) is 4.43. The van der Waals surface area contributed by atoms with E-state index in [0.29, 0.717) is 5.95 Å². The topological polar surface area (TPSA) is 83.0 Å². The first kappa shape index (κ1) is 17.7. The molecule has 3 N–H and O–H groups in total. The molecule has 6 heteroatoms. The third-order valence-electron chi connectivity index (χ3n) is 4.47. The monoisotopic (exact) mass is 371 g/mol. The average molecular weight is 371 g/mol. The first-order valence-corrected chi connectivity index (χ1v) is 9.14. The van der Waals surface area contributed by atoms with Gasteiger partial charge in [-0.25, -0.2) is 4.98 Å². The quantitative estimate of drug-likeness (QED) is 0.465. The molecule has 2 aromatic heterocycles. The molecule has 4 rings (SSSR count). The predicted molar refractivity (Wildman–Crippen MR) is 112 cm³/mol. The minimum absolute atomic E-state index is 0.281. The Balaban J connectivity index is 1.44. The number of rotatable bonds is 6. The van der Waals surface area contributed by atoms with Crippen LogP contribution >= 0.6 is 0 Å². The maximum absolute atomic E-state index is 9.36. The predicted octanol–water partition coefficient (Wildman–Crippen LogP) is 4.44. The van der Waals surface area contributed by atoms with Crippen molar-refractivity contribution in [2.75, 3.05) is 17.2 Å². The molecule has 140 valence electrons. The van der Waals surface area contributed by atoms with Crippen molar-refractivity contribution in [1.82, 2.24) is 15.0 Å². The van der Waals surface area contributed by atoms with Crippen LogP contribution in [0.3, 0.4) is 0 Å². The summed E-state index contributed by atoms with van der Waals surface area (Å²) in [6.45, 7) is 2.72. The van der Waals surface area contributed by atoms with Gasteiger partial charge in [-0.1, -0.05) is 18.2 Å². The Morgan fingerprint density at radius 3 is 2.71 bits per heavy atom. The molecule has 0 bridgehead atoms. The van der Waals surface area contributed by atoms with Crippen molar-refractivity contribution >= 4 is 28.4 Å². The lowest BCUT2D eigenvalue weighted by Gasteiger charge is -2.11. The SMILES string of the molecule is Cc1cnc(Nc2ccc3ncccc3c2)nc1NCCc1ccc(O)cc1. The maximum atomic E-state index is 9.36. The standard InChI is InChI=1S/C22H21N5O/c1-15-14-25-22(26-18-6-9-20-17(13-18)3-2-11-23-20)27-21(15)24-12-10-16-4-7-19(28)8-5-16/h2-9,11,13-14,28H,10,12H2,1H3,(H2,24,25,26,27). The molecule has 0 spiro atoms. The van der Waals surface area contributed by atoms with Crippen LogP contribution in [0.15, 0.2) is 67.0 Å². The third-order valence-corrected chi connectivity index (χ3v) is 4.47. The minimum Gasteiger partial charge on any atom is -0.508 e. The van der Waals surface area contributed by atoms with Crippen molar-refractivity contribution in [3.05, 3.63) is 78.1 Å². The number of aromatic hydroxyl groups is 1. The molecule has 28 heavy (non-hydrogen) atoms. The van der Waals surface area contributed by atoms with E-state index in [4.69, 9.17) is 0 Å². The van der Waals surface area contributed by atoms with Crippen molar-refractivity contribution in [3.8, 4) is 5.75 Å². The van der Waals surface area contributed by atoms with Crippen molar-refractivity contribution in [2.45, 2.75) is 13.3 Å². The van der Waals surface area contributed by atoms with E-state index < -0.39 is 0 Å². The van der Waals surface area contributed by atoms with Crippen LogP contribution in [-0.2, 0) is 6.42 Å². The van der Waals surface area contributed by atoms with Crippen molar-refractivity contribution in [1.29, 1.82) is 0 Å². The zero-order valence-corrected chi connectivity index (χ0v) is 15.6. The van der Waals surface area contributed by atoms with Gasteiger partial charge in [-0.2, -0.15) is 4.98 Å². The van der Waals surface area contributed by atoms with E-state index in [1.807, 2.05) is 49.4 Å². The number of nitrogens with zero attached hydrogens (tertiary/aromatic N) is 3. The van der Waals surface area contributed by atoms with Crippen molar-refractivity contribution in [2.24, 2.45) is 0 Å². The second-order valence-corrected chi connectivity index (χ2v) is 6.60. The number of anilines is 3. The first-order valence-electron chi connectivity index (χ1n) is 9.14. The van der Waals surface area contributed by atoms with Gasteiger partial charge in [0.05, 0.1) is 5.52 Å². The van der Waals surface area contributed by atoms with Gasteiger partial charge in [0, 0.05) is 35.6 Å². The number of fused-ring (bicyclic) bond motifs is 1. The number of hydrogen-bond donors (Lipinski definition) is 3. The molecule has 0 aliphatic rings. The normalized spacial score (nSPS) is 10.8. The number of pyridine rings is 1. The molecule has 0 saturated heterocycles. The van der Waals surface area contributed by atoms with E-state index in [9.17, 15) is 5.11 Å². The second-order valence-electron chi connectivity index (χ2n) is 6.60. The van der Waals surface area contributed by atoms with Crippen molar-refractivity contribution in [3.63, 3.8) is 0 Å². The lowest BCUT2D eigenvalue weighted by atomic mass is 10.1. The summed E-state index contributed by atoms with van der Waals surface area (Å²) in [5.41, 5.74) is 4.01. The van der Waals surface area contributed by atoms with E-state index in [2.05, 4.69) is 25.6 Å². The lowest BCUT2D eigenvalue weighted by Crippen LogP contribution is -2.09. The van der Waals surface area contributed by atoms with Crippen LogP contribution in [0.5, 0.6) is 5.75 Å². The number of benzene rings is 2. The van der Waals surface area contributed by atoms with E-state index in [-0.39, 0.29) is 5.75 Å². The Labute approximate surface area is 163 Å². The van der Waals surface area contributed by atoms with Crippen LogP contribution in [0.1, 0.15) is 11.1 Å². The Morgan fingerprint density at radius 1 is 1.00 bits per heavy atom. The Morgan fingerprint density at radius 2 is 1.86 bits per heavy atom. The van der Waals surface area contributed by atoms with Gasteiger partial charge < -0.3 is 15.7 Å². The van der Waals surface area contributed by atoms with Gasteiger partial charge in [-0.15, -0.1) is 0 Å². The van der Waals surface area contributed by atoms with Gasteiger partial charge in [0.15, 0.2) is 0 Å². The molecule has 0 fully saturated rings. The molecule has 0 atom stereocenters. The highest BCUT2D eigenvalue weighted by molar-refractivity contribution is 5.82. The summed E-state index contributed by atoms with van der Waals surface area (Å²) in [5, 5.41) is 17.1. The van der Waals surface area contributed by atoms with Gasteiger partial charge in [-0.3, -0.25) is 4.98 Å².